The maximum atomic E-state index is 15.1. The molecule has 0 radical (unpaired) electrons. The number of hydrogen-bond donors (Lipinski definition) is 6. The third-order valence-electron chi connectivity index (χ3n) is 12.7. The lowest BCUT2D eigenvalue weighted by molar-refractivity contribution is -0.136. The van der Waals surface area contributed by atoms with Gasteiger partial charge in [-0.15, -0.1) is 0 Å². The zero-order chi connectivity index (χ0) is 44.0. The third-order valence-corrected chi connectivity index (χ3v) is 12.7. The van der Waals surface area contributed by atoms with Crippen LogP contribution in [0.5, 0.6) is 5.75 Å². The van der Waals surface area contributed by atoms with E-state index in [0.29, 0.717) is 43.3 Å². The molecule has 0 unspecified atom stereocenters. The van der Waals surface area contributed by atoms with Crippen LogP contribution in [0.2, 0.25) is 0 Å². The van der Waals surface area contributed by atoms with Crippen LogP contribution in [0.3, 0.4) is 0 Å². The number of alkyl carbamates (subject to hydrolysis) is 1. The Labute approximate surface area is 358 Å². The van der Waals surface area contributed by atoms with Crippen LogP contribution in [-0.2, 0) is 14.3 Å². The zero-order valence-corrected chi connectivity index (χ0v) is 35.5. The number of H-pyrrole nitrogens is 2. The maximum absolute atomic E-state index is 15.1. The van der Waals surface area contributed by atoms with Crippen LogP contribution in [0, 0.1) is 17.7 Å². The summed E-state index contributed by atoms with van der Waals surface area (Å²) in [6, 6.07) is 13.9. The highest BCUT2D eigenvalue weighted by molar-refractivity contribution is 5.87. The number of likely N-dealkylation sites (tertiary alicyclic amines) is 2. The number of rotatable bonds is 11. The molecule has 3 aliphatic heterocycles. The molecule has 62 heavy (non-hydrogen) atoms. The Morgan fingerprint density at radius 1 is 0.726 bits per heavy atom. The van der Waals surface area contributed by atoms with Gasteiger partial charge in [0.2, 0.25) is 11.8 Å². The van der Waals surface area contributed by atoms with Gasteiger partial charge in [-0.3, -0.25) is 9.59 Å². The number of ether oxygens (including phenoxy) is 1. The average Bonchev–Trinajstić information content (AvgIpc) is 4.10. The fourth-order valence-corrected chi connectivity index (χ4v) is 9.64. The second kappa shape index (κ2) is 17.2. The topological polar surface area (TPSA) is 209 Å². The molecule has 0 spiro atoms. The minimum Gasteiger partial charge on any atom is -0.505 e. The second-order valence-electron chi connectivity index (χ2n) is 17.4. The van der Waals surface area contributed by atoms with Crippen LogP contribution in [0.25, 0.3) is 22.1 Å². The van der Waals surface area contributed by atoms with Crippen molar-refractivity contribution in [3.8, 4) is 5.75 Å². The van der Waals surface area contributed by atoms with Gasteiger partial charge in [-0.05, 0) is 97.9 Å². The summed E-state index contributed by atoms with van der Waals surface area (Å²) in [6.45, 7) is 8.42. The number of fused-ring (bicyclic) bond motifs is 2. The largest absolute Gasteiger partial charge is 0.505 e. The molecule has 16 nitrogen and oxygen atoms in total. The van der Waals surface area contributed by atoms with Gasteiger partial charge in [0.05, 0.1) is 53.3 Å². The normalized spacial score (nSPS) is 21.3. The average molecular weight is 852 g/mol. The standard InChI is InChI=1S/C45H54FN9O7/c1-23(2)38(51-44(59)60)42(57)53-18-6-8-35(53)40-47-29-13-10-25(20-31(29)49-40)33-15-16-34(55(33)27-12-17-37(56)28(46)22-27)26-11-14-30-32(21-26)50-41(48-30)36-9-7-19-54(36)43(58)39(24(3)4)52-45(61)62-5/h10-14,17,20-24,33-36,38-39,51,56H,6-9,15-16,18-19H2,1-5H3,(H,47,49)(H,48,50)(H,52,61)(H,59,60)/t33-,34-,35+,36+,38+,39+/m1/s1. The smallest absolute Gasteiger partial charge is 0.407 e. The first-order valence-corrected chi connectivity index (χ1v) is 21.4. The van der Waals surface area contributed by atoms with E-state index in [4.69, 9.17) is 14.7 Å². The fourth-order valence-electron chi connectivity index (χ4n) is 9.64. The third kappa shape index (κ3) is 8.07. The van der Waals surface area contributed by atoms with Crippen LogP contribution in [-0.4, -0.2) is 96.2 Å². The number of nitrogens with one attached hydrogen (secondary N) is 4. The van der Waals surface area contributed by atoms with Crippen LogP contribution in [0.1, 0.15) is 113 Å². The minimum absolute atomic E-state index is 0.158. The summed E-state index contributed by atoms with van der Waals surface area (Å²) >= 11 is 0. The van der Waals surface area contributed by atoms with Crippen molar-refractivity contribution >= 4 is 51.8 Å². The molecule has 328 valence electrons. The highest BCUT2D eigenvalue weighted by Crippen LogP contribution is 2.48. The van der Waals surface area contributed by atoms with Gasteiger partial charge in [0.15, 0.2) is 11.6 Å². The quantitative estimate of drug-likeness (QED) is 0.0778. The van der Waals surface area contributed by atoms with Crippen molar-refractivity contribution in [1.82, 2.24) is 40.4 Å². The van der Waals surface area contributed by atoms with Crippen LogP contribution in [0.4, 0.5) is 19.7 Å². The molecule has 6 N–H and O–H groups in total. The number of aromatic amines is 2. The Balaban J connectivity index is 1.08. The van der Waals surface area contributed by atoms with Crippen LogP contribution < -0.4 is 15.5 Å². The summed E-state index contributed by atoms with van der Waals surface area (Å²) in [7, 11) is 1.27. The van der Waals surface area contributed by atoms with E-state index in [2.05, 4.69) is 37.6 Å². The first-order chi connectivity index (χ1) is 29.7. The number of carboxylic acid groups (broad SMARTS) is 1. The molecule has 5 aromatic rings. The van der Waals surface area contributed by atoms with Gasteiger partial charge < -0.3 is 50.3 Å². The molecule has 3 aromatic carbocycles. The van der Waals surface area contributed by atoms with Crippen molar-refractivity contribution in [2.45, 2.75) is 102 Å². The van der Waals surface area contributed by atoms with E-state index in [9.17, 15) is 29.4 Å². The molecule has 6 atom stereocenters. The van der Waals surface area contributed by atoms with E-state index in [1.807, 2.05) is 52.0 Å². The van der Waals surface area contributed by atoms with E-state index >= 15 is 4.39 Å². The summed E-state index contributed by atoms with van der Waals surface area (Å²) in [4.78, 5) is 73.6. The predicted octanol–water partition coefficient (Wildman–Crippen LogP) is 7.37. The van der Waals surface area contributed by atoms with E-state index in [1.165, 1.54) is 19.2 Å². The molecule has 4 amide bonds. The van der Waals surface area contributed by atoms with E-state index in [1.54, 1.807) is 15.9 Å². The number of carbonyl (C=O) groups excluding carboxylic acids is 3. The van der Waals surface area contributed by atoms with Gasteiger partial charge in [0.1, 0.15) is 23.7 Å². The predicted molar refractivity (Wildman–Crippen MR) is 229 cm³/mol. The van der Waals surface area contributed by atoms with Gasteiger partial charge in [-0.25, -0.2) is 23.9 Å². The van der Waals surface area contributed by atoms with Crippen molar-refractivity contribution in [2.24, 2.45) is 11.8 Å². The Kier molecular flexibility index (Phi) is 11.7. The molecule has 0 saturated carbocycles. The Morgan fingerprint density at radius 2 is 1.23 bits per heavy atom. The highest BCUT2D eigenvalue weighted by Gasteiger charge is 2.40. The van der Waals surface area contributed by atoms with Crippen molar-refractivity contribution < 1.29 is 38.5 Å². The number of benzene rings is 3. The monoisotopic (exact) mass is 851 g/mol. The van der Waals surface area contributed by atoms with Crippen molar-refractivity contribution in [1.29, 1.82) is 0 Å². The maximum Gasteiger partial charge on any atom is 0.407 e. The number of hydrogen-bond acceptors (Lipinski definition) is 9. The molecule has 0 bridgehead atoms. The van der Waals surface area contributed by atoms with Gasteiger partial charge in [0, 0.05) is 24.8 Å². The van der Waals surface area contributed by atoms with Crippen molar-refractivity contribution in [3.63, 3.8) is 0 Å². The van der Waals surface area contributed by atoms with Crippen molar-refractivity contribution in [3.05, 3.63) is 83.2 Å². The van der Waals surface area contributed by atoms with Gasteiger partial charge >= 0.3 is 12.2 Å². The molecular formula is C45H54FN9O7. The molecule has 3 aliphatic rings. The number of aromatic hydroxyl groups is 1. The van der Waals surface area contributed by atoms with Crippen molar-refractivity contribution in [2.75, 3.05) is 25.1 Å². The Morgan fingerprint density at radius 3 is 1.68 bits per heavy atom. The highest BCUT2D eigenvalue weighted by atomic mass is 19.1. The Bertz CT molecular complexity index is 2500. The van der Waals surface area contributed by atoms with Gasteiger partial charge in [0.25, 0.3) is 0 Å². The SMILES string of the molecule is COC(=O)N[C@H](C(=O)N1CCC[C@H]1c1nc2ccc([C@H]3CC[C@H](c4ccc5nc([C@@H]6CCCN6C(=O)[C@@H](NC(=O)O)C(C)C)[nH]c5c4)N3c3ccc(O)c(F)c3)cc2[nH]1)C(C)C. The number of halogens is 1. The van der Waals surface area contributed by atoms with Crippen LogP contribution in [0.15, 0.2) is 54.6 Å². The number of nitrogens with zero attached hydrogens (tertiary/aromatic N) is 5. The number of phenolic OH excluding ortho intramolecular Hbond substituents is 1. The Hall–Kier alpha value is -6.39. The number of anilines is 1. The number of aromatic nitrogens is 4. The lowest BCUT2D eigenvalue weighted by Crippen LogP contribution is -2.51. The number of methoxy groups -OCH3 is 1. The molecule has 2 aromatic heterocycles. The van der Waals surface area contributed by atoms with E-state index in [0.717, 1.165) is 58.9 Å². The number of phenols is 1. The number of carbonyl (C=O) groups is 4. The molecule has 17 heteroatoms. The van der Waals surface area contributed by atoms with Gasteiger partial charge in [-0.1, -0.05) is 39.8 Å². The van der Waals surface area contributed by atoms with E-state index in [-0.39, 0.29) is 47.8 Å². The second-order valence-corrected chi connectivity index (χ2v) is 17.4. The number of amides is 4. The summed E-state index contributed by atoms with van der Waals surface area (Å²) in [5, 5.41) is 24.7. The molecular weight excluding hydrogens is 798 g/mol. The van der Waals surface area contributed by atoms with E-state index < -0.39 is 35.8 Å². The lowest BCUT2D eigenvalue weighted by atomic mass is 10.0. The fraction of sp³-hybridized carbons (Fsp3) is 0.467. The lowest BCUT2D eigenvalue weighted by Gasteiger charge is -2.33. The first-order valence-electron chi connectivity index (χ1n) is 21.4. The molecule has 3 fully saturated rings. The summed E-state index contributed by atoms with van der Waals surface area (Å²) in [5.74, 6) is -0.708. The molecule has 3 saturated heterocycles. The minimum atomic E-state index is -1.24. The molecule has 5 heterocycles. The van der Waals surface area contributed by atoms with Crippen LogP contribution >= 0.6 is 0 Å². The van der Waals surface area contributed by atoms with Gasteiger partial charge in [-0.2, -0.15) is 0 Å². The summed E-state index contributed by atoms with van der Waals surface area (Å²) in [6.07, 6.45) is 2.53. The summed E-state index contributed by atoms with van der Waals surface area (Å²) in [5.41, 5.74) is 5.63. The molecule has 8 rings (SSSR count). The first kappa shape index (κ1) is 42.3. The number of imidazole rings is 2. The molecule has 0 aliphatic carbocycles. The summed E-state index contributed by atoms with van der Waals surface area (Å²) < 4.78 is 19.9. The zero-order valence-electron chi connectivity index (χ0n) is 35.5.